The van der Waals surface area contributed by atoms with E-state index >= 15 is 0 Å². The Bertz CT molecular complexity index is 523. The number of halogens is 4. The normalized spacial score (nSPS) is 10.4. The van der Waals surface area contributed by atoms with Crippen molar-refractivity contribution in [2.45, 2.75) is 6.54 Å². The Morgan fingerprint density at radius 3 is 2.50 bits per heavy atom. The van der Waals surface area contributed by atoms with Crippen molar-refractivity contribution in [1.29, 1.82) is 0 Å². The van der Waals surface area contributed by atoms with Crippen LogP contribution in [0.2, 0.25) is 10.0 Å². The van der Waals surface area contributed by atoms with E-state index in [2.05, 4.69) is 21.2 Å². The predicted octanol–water partition coefficient (Wildman–Crippen LogP) is 5.51. The molecule has 0 saturated heterocycles. The standard InChI is InChI=1S/C13H9BrCl2FN/c14-9-2-1-8(11(15)5-9)7-18-13-4-3-10(17)6-12(13)16/h1-6,18H,7H2. The van der Waals surface area contributed by atoms with Gasteiger partial charge in [-0.15, -0.1) is 0 Å². The number of benzene rings is 2. The van der Waals surface area contributed by atoms with Gasteiger partial charge >= 0.3 is 0 Å². The van der Waals surface area contributed by atoms with Gasteiger partial charge in [0.15, 0.2) is 0 Å². The summed E-state index contributed by atoms with van der Waals surface area (Å²) in [6.45, 7) is 0.525. The molecule has 18 heavy (non-hydrogen) atoms. The van der Waals surface area contributed by atoms with E-state index in [1.54, 1.807) is 6.07 Å². The van der Waals surface area contributed by atoms with Crippen LogP contribution in [-0.4, -0.2) is 0 Å². The highest BCUT2D eigenvalue weighted by Gasteiger charge is 2.04. The van der Waals surface area contributed by atoms with E-state index in [1.165, 1.54) is 12.1 Å². The van der Waals surface area contributed by atoms with Gasteiger partial charge in [-0.3, -0.25) is 0 Å². The smallest absolute Gasteiger partial charge is 0.124 e. The molecule has 1 N–H and O–H groups in total. The molecule has 0 radical (unpaired) electrons. The maximum atomic E-state index is 12.9. The lowest BCUT2D eigenvalue weighted by Crippen LogP contribution is -2.00. The minimum Gasteiger partial charge on any atom is -0.380 e. The summed E-state index contributed by atoms with van der Waals surface area (Å²) in [6, 6.07) is 9.88. The van der Waals surface area contributed by atoms with E-state index < -0.39 is 0 Å². The van der Waals surface area contributed by atoms with E-state index in [-0.39, 0.29) is 5.82 Å². The van der Waals surface area contributed by atoms with Crippen molar-refractivity contribution in [3.8, 4) is 0 Å². The molecule has 0 saturated carbocycles. The SMILES string of the molecule is Fc1ccc(NCc2ccc(Br)cc2Cl)c(Cl)c1. The van der Waals surface area contributed by atoms with Crippen LogP contribution in [0.25, 0.3) is 0 Å². The van der Waals surface area contributed by atoms with Crippen LogP contribution in [0.1, 0.15) is 5.56 Å². The van der Waals surface area contributed by atoms with Crippen molar-refractivity contribution in [3.05, 3.63) is 62.3 Å². The van der Waals surface area contributed by atoms with Gasteiger partial charge in [0, 0.05) is 16.0 Å². The second kappa shape index (κ2) is 5.91. The Morgan fingerprint density at radius 2 is 1.83 bits per heavy atom. The Balaban J connectivity index is 2.11. The Kier molecular flexibility index (Phi) is 4.49. The van der Waals surface area contributed by atoms with Crippen molar-refractivity contribution >= 4 is 44.8 Å². The fourth-order valence-corrected chi connectivity index (χ4v) is 2.46. The number of hydrogen-bond donors (Lipinski definition) is 1. The molecule has 0 atom stereocenters. The minimum atomic E-state index is -0.354. The van der Waals surface area contributed by atoms with Crippen LogP contribution in [-0.2, 0) is 6.54 Å². The average Bonchev–Trinajstić information content (AvgIpc) is 2.30. The highest BCUT2D eigenvalue weighted by molar-refractivity contribution is 9.10. The molecule has 0 fully saturated rings. The summed E-state index contributed by atoms with van der Waals surface area (Å²) in [7, 11) is 0. The molecule has 0 aliphatic heterocycles. The molecule has 0 unspecified atom stereocenters. The van der Waals surface area contributed by atoms with Gasteiger partial charge in [-0.05, 0) is 35.9 Å². The van der Waals surface area contributed by atoms with Gasteiger partial charge in [-0.1, -0.05) is 45.2 Å². The first-order chi connectivity index (χ1) is 8.56. The fraction of sp³-hybridized carbons (Fsp3) is 0.0769. The summed E-state index contributed by atoms with van der Waals surface area (Å²) in [5, 5.41) is 4.13. The van der Waals surface area contributed by atoms with Crippen molar-refractivity contribution < 1.29 is 4.39 Å². The lowest BCUT2D eigenvalue weighted by Gasteiger charge is -2.10. The van der Waals surface area contributed by atoms with Crippen LogP contribution in [0.3, 0.4) is 0 Å². The van der Waals surface area contributed by atoms with Crippen LogP contribution in [0.5, 0.6) is 0 Å². The topological polar surface area (TPSA) is 12.0 Å². The Morgan fingerprint density at radius 1 is 1.06 bits per heavy atom. The third kappa shape index (κ3) is 3.37. The highest BCUT2D eigenvalue weighted by Crippen LogP contribution is 2.25. The summed E-state index contributed by atoms with van der Waals surface area (Å²) in [6.07, 6.45) is 0. The molecule has 2 rings (SSSR count). The summed E-state index contributed by atoms with van der Waals surface area (Å²) in [4.78, 5) is 0. The van der Waals surface area contributed by atoms with Gasteiger partial charge in [0.1, 0.15) is 5.82 Å². The van der Waals surface area contributed by atoms with Gasteiger partial charge in [-0.25, -0.2) is 4.39 Å². The molecular formula is C13H9BrCl2FN. The van der Waals surface area contributed by atoms with E-state index in [1.807, 2.05) is 18.2 Å². The van der Waals surface area contributed by atoms with Gasteiger partial charge in [0.25, 0.3) is 0 Å². The molecule has 0 amide bonds. The summed E-state index contributed by atoms with van der Waals surface area (Å²) < 4.78 is 13.8. The fourth-order valence-electron chi connectivity index (χ4n) is 1.49. The zero-order valence-corrected chi connectivity index (χ0v) is 12.3. The van der Waals surface area contributed by atoms with E-state index in [0.717, 1.165) is 10.0 Å². The van der Waals surface area contributed by atoms with E-state index in [9.17, 15) is 4.39 Å². The first kappa shape index (κ1) is 13.7. The maximum Gasteiger partial charge on any atom is 0.124 e. The van der Waals surface area contributed by atoms with Crippen molar-refractivity contribution in [1.82, 2.24) is 0 Å². The zero-order chi connectivity index (χ0) is 13.1. The summed E-state index contributed by atoms with van der Waals surface area (Å²) >= 11 is 15.4. The van der Waals surface area contributed by atoms with Crippen LogP contribution >= 0.6 is 39.1 Å². The molecule has 0 heterocycles. The van der Waals surface area contributed by atoms with E-state index in [0.29, 0.717) is 22.3 Å². The lowest BCUT2D eigenvalue weighted by atomic mass is 10.2. The average molecular weight is 349 g/mol. The van der Waals surface area contributed by atoms with Crippen LogP contribution < -0.4 is 5.32 Å². The number of anilines is 1. The molecule has 0 bridgehead atoms. The first-order valence-corrected chi connectivity index (χ1v) is 6.74. The first-order valence-electron chi connectivity index (χ1n) is 5.19. The summed E-state index contributed by atoms with van der Waals surface area (Å²) in [5.74, 6) is -0.354. The molecule has 0 aliphatic rings. The predicted molar refractivity (Wildman–Crippen MR) is 77.9 cm³/mol. The van der Waals surface area contributed by atoms with Gasteiger partial charge in [-0.2, -0.15) is 0 Å². The molecule has 94 valence electrons. The zero-order valence-electron chi connectivity index (χ0n) is 9.18. The monoisotopic (exact) mass is 347 g/mol. The maximum absolute atomic E-state index is 12.9. The molecule has 0 aliphatic carbocycles. The molecular weight excluding hydrogens is 340 g/mol. The number of nitrogens with one attached hydrogen (secondary N) is 1. The van der Waals surface area contributed by atoms with Crippen LogP contribution in [0.15, 0.2) is 40.9 Å². The van der Waals surface area contributed by atoms with Crippen LogP contribution in [0.4, 0.5) is 10.1 Å². The van der Waals surface area contributed by atoms with Gasteiger partial charge in [0.2, 0.25) is 0 Å². The third-order valence-corrected chi connectivity index (χ3v) is 3.57. The molecule has 0 aromatic heterocycles. The third-order valence-electron chi connectivity index (χ3n) is 2.42. The highest BCUT2D eigenvalue weighted by atomic mass is 79.9. The molecule has 1 nitrogen and oxygen atoms in total. The number of hydrogen-bond acceptors (Lipinski definition) is 1. The molecule has 2 aromatic carbocycles. The van der Waals surface area contributed by atoms with Gasteiger partial charge in [0.05, 0.1) is 10.7 Å². The summed E-state index contributed by atoms with van der Waals surface area (Å²) in [5.41, 5.74) is 1.62. The van der Waals surface area contributed by atoms with Gasteiger partial charge < -0.3 is 5.32 Å². The largest absolute Gasteiger partial charge is 0.380 e. The minimum absolute atomic E-state index is 0.350. The second-order valence-electron chi connectivity index (χ2n) is 3.71. The van der Waals surface area contributed by atoms with Crippen molar-refractivity contribution in [3.63, 3.8) is 0 Å². The quantitative estimate of drug-likeness (QED) is 0.771. The van der Waals surface area contributed by atoms with E-state index in [4.69, 9.17) is 23.2 Å². The van der Waals surface area contributed by atoms with Crippen LogP contribution in [0, 0.1) is 5.82 Å². The Labute approximate surface area is 123 Å². The molecule has 0 spiro atoms. The number of rotatable bonds is 3. The second-order valence-corrected chi connectivity index (χ2v) is 5.44. The Hall–Kier alpha value is -0.770. The molecule has 5 heteroatoms. The lowest BCUT2D eigenvalue weighted by molar-refractivity contribution is 0.628. The van der Waals surface area contributed by atoms with Crippen molar-refractivity contribution in [2.75, 3.05) is 5.32 Å². The van der Waals surface area contributed by atoms with Crippen molar-refractivity contribution in [2.24, 2.45) is 0 Å². The molecule has 2 aromatic rings.